The molecule has 1 unspecified atom stereocenters. The molecule has 4 heteroatoms. The van der Waals surface area contributed by atoms with Crippen molar-refractivity contribution in [3.05, 3.63) is 83.4 Å². The van der Waals surface area contributed by atoms with Crippen molar-refractivity contribution in [2.75, 3.05) is 7.05 Å². The lowest BCUT2D eigenvalue weighted by molar-refractivity contribution is 0.0744. The van der Waals surface area contributed by atoms with Crippen LogP contribution < -0.4 is 0 Å². The number of carbonyl (C=O) groups is 1. The lowest BCUT2D eigenvalue weighted by Crippen LogP contribution is -2.29. The van der Waals surface area contributed by atoms with Crippen LogP contribution in [-0.4, -0.2) is 17.9 Å². The van der Waals surface area contributed by atoms with Gasteiger partial charge in [0.15, 0.2) is 11.6 Å². The Kier molecular flexibility index (Phi) is 4.30. The molecule has 24 heavy (non-hydrogen) atoms. The smallest absolute Gasteiger partial charge is 0.254 e. The van der Waals surface area contributed by atoms with Gasteiger partial charge in [-0.15, -0.1) is 0 Å². The first-order valence-electron chi connectivity index (χ1n) is 7.69. The standard InChI is InChI=1S/C20H17F2NO/c1-13(15-10-11-18(21)19(22)12-15)23(2)20(24)17-9-5-7-14-6-3-4-8-16(14)17/h3-13H,1-2H3. The van der Waals surface area contributed by atoms with Crippen LogP contribution in [-0.2, 0) is 0 Å². The second-order valence-corrected chi connectivity index (χ2v) is 5.79. The van der Waals surface area contributed by atoms with Gasteiger partial charge in [0.05, 0.1) is 6.04 Å². The van der Waals surface area contributed by atoms with Gasteiger partial charge in [-0.3, -0.25) is 4.79 Å². The normalized spacial score (nSPS) is 12.2. The second kappa shape index (κ2) is 6.40. The molecule has 0 heterocycles. The van der Waals surface area contributed by atoms with E-state index >= 15 is 0 Å². The minimum absolute atomic E-state index is 0.163. The van der Waals surface area contributed by atoms with Crippen LogP contribution in [0.5, 0.6) is 0 Å². The van der Waals surface area contributed by atoms with E-state index in [9.17, 15) is 13.6 Å². The van der Waals surface area contributed by atoms with E-state index in [4.69, 9.17) is 0 Å². The van der Waals surface area contributed by atoms with Gasteiger partial charge in [0.25, 0.3) is 5.91 Å². The highest BCUT2D eigenvalue weighted by atomic mass is 19.2. The van der Waals surface area contributed by atoms with Gasteiger partial charge in [-0.05, 0) is 41.5 Å². The Hall–Kier alpha value is -2.75. The maximum Gasteiger partial charge on any atom is 0.254 e. The van der Waals surface area contributed by atoms with Crippen LogP contribution in [0.4, 0.5) is 8.78 Å². The van der Waals surface area contributed by atoms with Gasteiger partial charge in [-0.2, -0.15) is 0 Å². The fourth-order valence-corrected chi connectivity index (χ4v) is 2.77. The predicted molar refractivity (Wildman–Crippen MR) is 90.8 cm³/mol. The van der Waals surface area contributed by atoms with Crippen molar-refractivity contribution in [3.8, 4) is 0 Å². The summed E-state index contributed by atoms with van der Waals surface area (Å²) >= 11 is 0. The van der Waals surface area contributed by atoms with Crippen molar-refractivity contribution in [1.29, 1.82) is 0 Å². The zero-order valence-corrected chi connectivity index (χ0v) is 13.5. The Labute approximate surface area is 139 Å². The van der Waals surface area contributed by atoms with Crippen LogP contribution in [0.1, 0.15) is 28.9 Å². The Bertz CT molecular complexity index is 902. The van der Waals surface area contributed by atoms with Crippen molar-refractivity contribution in [2.24, 2.45) is 0 Å². The van der Waals surface area contributed by atoms with Crippen LogP contribution >= 0.6 is 0 Å². The quantitative estimate of drug-likeness (QED) is 0.667. The molecule has 0 radical (unpaired) electrons. The first-order chi connectivity index (χ1) is 11.5. The van der Waals surface area contributed by atoms with E-state index < -0.39 is 11.6 Å². The number of carbonyl (C=O) groups excluding carboxylic acids is 1. The van der Waals surface area contributed by atoms with Crippen LogP contribution in [0, 0.1) is 11.6 Å². The fraction of sp³-hybridized carbons (Fsp3) is 0.150. The number of hydrogen-bond acceptors (Lipinski definition) is 1. The minimum Gasteiger partial charge on any atom is -0.335 e. The Balaban J connectivity index is 1.94. The first kappa shape index (κ1) is 16.1. The average Bonchev–Trinajstić information content (AvgIpc) is 2.61. The van der Waals surface area contributed by atoms with Crippen LogP contribution in [0.25, 0.3) is 10.8 Å². The average molecular weight is 325 g/mol. The monoisotopic (exact) mass is 325 g/mol. The summed E-state index contributed by atoms with van der Waals surface area (Å²) in [7, 11) is 1.66. The molecule has 0 bridgehead atoms. The zero-order chi connectivity index (χ0) is 17.3. The van der Waals surface area contributed by atoms with Gasteiger partial charge in [-0.1, -0.05) is 42.5 Å². The molecule has 3 aromatic carbocycles. The number of nitrogens with zero attached hydrogens (tertiary/aromatic N) is 1. The summed E-state index contributed by atoms with van der Waals surface area (Å²) in [6, 6.07) is 16.5. The minimum atomic E-state index is -0.912. The van der Waals surface area contributed by atoms with Gasteiger partial charge in [0.2, 0.25) is 0 Å². The topological polar surface area (TPSA) is 20.3 Å². The number of halogens is 2. The molecule has 0 aliphatic carbocycles. The van der Waals surface area contributed by atoms with E-state index in [2.05, 4.69) is 0 Å². The molecule has 0 spiro atoms. The lowest BCUT2D eigenvalue weighted by Gasteiger charge is -2.26. The highest BCUT2D eigenvalue weighted by molar-refractivity contribution is 6.07. The number of hydrogen-bond donors (Lipinski definition) is 0. The Morgan fingerprint density at radius 1 is 0.958 bits per heavy atom. The summed E-state index contributed by atoms with van der Waals surface area (Å²) in [4.78, 5) is 14.4. The SMILES string of the molecule is CC(c1ccc(F)c(F)c1)N(C)C(=O)c1cccc2ccccc12. The van der Waals surface area contributed by atoms with Gasteiger partial charge in [-0.25, -0.2) is 8.78 Å². The summed E-state index contributed by atoms with van der Waals surface area (Å²) in [5, 5.41) is 1.85. The predicted octanol–water partition coefficient (Wildman–Crippen LogP) is 4.95. The first-order valence-corrected chi connectivity index (χ1v) is 7.69. The largest absolute Gasteiger partial charge is 0.335 e. The summed E-state index contributed by atoms with van der Waals surface area (Å²) < 4.78 is 26.6. The van der Waals surface area contributed by atoms with Crippen LogP contribution in [0.2, 0.25) is 0 Å². The van der Waals surface area contributed by atoms with E-state index in [0.717, 1.165) is 22.9 Å². The molecule has 0 aromatic heterocycles. The molecule has 0 saturated heterocycles. The molecular weight excluding hydrogens is 308 g/mol. The molecule has 3 rings (SSSR count). The Morgan fingerprint density at radius 3 is 2.42 bits per heavy atom. The van der Waals surface area contributed by atoms with Crippen molar-refractivity contribution in [1.82, 2.24) is 4.90 Å². The van der Waals surface area contributed by atoms with Crippen LogP contribution in [0.15, 0.2) is 60.7 Å². The van der Waals surface area contributed by atoms with E-state index in [1.54, 1.807) is 20.0 Å². The molecule has 3 aromatic rings. The number of amides is 1. The highest BCUT2D eigenvalue weighted by Crippen LogP contribution is 2.25. The molecule has 2 nitrogen and oxygen atoms in total. The molecule has 0 aliphatic heterocycles. The maximum absolute atomic E-state index is 13.5. The van der Waals surface area contributed by atoms with Gasteiger partial charge in [0, 0.05) is 12.6 Å². The summed E-state index contributed by atoms with van der Waals surface area (Å²) in [6.07, 6.45) is 0. The Morgan fingerprint density at radius 2 is 1.67 bits per heavy atom. The third-order valence-corrected chi connectivity index (χ3v) is 4.35. The molecule has 0 fully saturated rings. The zero-order valence-electron chi connectivity index (χ0n) is 13.5. The van der Waals surface area contributed by atoms with Crippen molar-refractivity contribution in [3.63, 3.8) is 0 Å². The number of benzene rings is 3. The van der Waals surface area contributed by atoms with Gasteiger partial charge >= 0.3 is 0 Å². The van der Waals surface area contributed by atoms with Crippen LogP contribution in [0.3, 0.4) is 0 Å². The van der Waals surface area contributed by atoms with E-state index in [-0.39, 0.29) is 11.9 Å². The molecule has 0 aliphatic rings. The molecule has 0 N–H and O–H groups in total. The third kappa shape index (κ3) is 2.87. The molecule has 1 atom stereocenters. The summed E-state index contributed by atoms with van der Waals surface area (Å²) in [5.74, 6) is -1.97. The van der Waals surface area contributed by atoms with E-state index in [0.29, 0.717) is 11.1 Å². The number of fused-ring (bicyclic) bond motifs is 1. The van der Waals surface area contributed by atoms with Crippen molar-refractivity contribution < 1.29 is 13.6 Å². The number of rotatable bonds is 3. The van der Waals surface area contributed by atoms with Gasteiger partial charge in [0.1, 0.15) is 0 Å². The van der Waals surface area contributed by atoms with E-state index in [1.807, 2.05) is 36.4 Å². The lowest BCUT2D eigenvalue weighted by atomic mass is 10.0. The fourth-order valence-electron chi connectivity index (χ4n) is 2.77. The van der Waals surface area contributed by atoms with Crippen molar-refractivity contribution >= 4 is 16.7 Å². The molecule has 1 amide bonds. The molecular formula is C20H17F2NO. The summed E-state index contributed by atoms with van der Waals surface area (Å²) in [6.45, 7) is 1.79. The highest BCUT2D eigenvalue weighted by Gasteiger charge is 2.21. The maximum atomic E-state index is 13.5. The second-order valence-electron chi connectivity index (χ2n) is 5.79. The summed E-state index contributed by atoms with van der Waals surface area (Å²) in [5.41, 5.74) is 1.13. The van der Waals surface area contributed by atoms with Gasteiger partial charge < -0.3 is 4.90 Å². The van der Waals surface area contributed by atoms with Crippen molar-refractivity contribution in [2.45, 2.75) is 13.0 Å². The van der Waals surface area contributed by atoms with E-state index in [1.165, 1.54) is 11.0 Å². The third-order valence-electron chi connectivity index (χ3n) is 4.35. The molecule has 122 valence electrons. The molecule has 0 saturated carbocycles.